The summed E-state index contributed by atoms with van der Waals surface area (Å²) in [7, 11) is 0. The van der Waals surface area contributed by atoms with Gasteiger partial charge < -0.3 is 20.8 Å². The Morgan fingerprint density at radius 3 is 2.89 bits per heavy atom. The van der Waals surface area contributed by atoms with Crippen molar-refractivity contribution in [1.29, 1.82) is 0 Å². The molecule has 0 saturated carbocycles. The van der Waals surface area contributed by atoms with Crippen LogP contribution in [0.2, 0.25) is 0 Å². The van der Waals surface area contributed by atoms with Crippen LogP contribution >= 0.6 is 0 Å². The number of imidazole rings is 1. The average Bonchev–Trinajstić information content (AvgIpc) is 3.45. The van der Waals surface area contributed by atoms with Crippen molar-refractivity contribution >= 4 is 11.5 Å². The van der Waals surface area contributed by atoms with Gasteiger partial charge in [-0.1, -0.05) is 6.07 Å². The summed E-state index contributed by atoms with van der Waals surface area (Å²) in [4.78, 5) is 9.25. The smallest absolute Gasteiger partial charge is 0.137 e. The fraction of sp³-hybridized carbons (Fsp3) is 0.400. The summed E-state index contributed by atoms with van der Waals surface area (Å²) < 4.78 is 17.9. The van der Waals surface area contributed by atoms with Gasteiger partial charge in [0, 0.05) is 30.1 Å². The second kappa shape index (κ2) is 9.37. The van der Waals surface area contributed by atoms with Crippen molar-refractivity contribution in [2.45, 2.75) is 51.2 Å². The van der Waals surface area contributed by atoms with Crippen molar-refractivity contribution in [2.24, 2.45) is 0 Å². The minimum absolute atomic E-state index is 0.150. The summed E-state index contributed by atoms with van der Waals surface area (Å²) in [5, 5.41) is 30.8. The molecule has 5 heterocycles. The molecule has 10 heteroatoms. The van der Waals surface area contributed by atoms with Crippen LogP contribution in [-0.2, 0) is 13.2 Å². The van der Waals surface area contributed by atoms with Crippen LogP contribution in [0.25, 0.3) is 28.2 Å². The van der Waals surface area contributed by atoms with E-state index >= 15 is 0 Å². The number of rotatable bonds is 7. The second-order valence-electron chi connectivity index (χ2n) is 9.65. The summed E-state index contributed by atoms with van der Waals surface area (Å²) in [6.45, 7) is 4.77. The first-order valence-corrected chi connectivity index (χ1v) is 11.8. The molecule has 4 aromatic rings. The Hall–Kier alpha value is -3.34. The van der Waals surface area contributed by atoms with Gasteiger partial charge >= 0.3 is 0 Å². The van der Waals surface area contributed by atoms with Gasteiger partial charge in [-0.05, 0) is 50.6 Å². The number of aliphatic hydroxyl groups excluding tert-OH is 1. The van der Waals surface area contributed by atoms with E-state index < -0.39 is 11.8 Å². The Labute approximate surface area is 202 Å². The first-order chi connectivity index (χ1) is 16.8. The van der Waals surface area contributed by atoms with Crippen LogP contribution in [0.15, 0.2) is 49.1 Å². The minimum atomic E-state index is -0.971. The maximum Gasteiger partial charge on any atom is 0.137 e. The summed E-state index contributed by atoms with van der Waals surface area (Å²) >= 11 is 0. The minimum Gasteiger partial charge on any atom is -0.392 e. The zero-order chi connectivity index (χ0) is 24.6. The van der Waals surface area contributed by atoms with Crippen LogP contribution in [0, 0.1) is 0 Å². The molecule has 0 aromatic carbocycles. The lowest BCUT2D eigenvalue weighted by atomic mass is 10.1. The molecule has 184 valence electrons. The number of anilines is 1. The van der Waals surface area contributed by atoms with Crippen molar-refractivity contribution < 1.29 is 14.6 Å². The van der Waals surface area contributed by atoms with Gasteiger partial charge in [0.2, 0.25) is 0 Å². The molecule has 0 amide bonds. The third-order valence-corrected chi connectivity index (χ3v) is 6.15. The molecular formula is C25H30FN7O2. The number of hydrogen-bond donors (Lipinski definition) is 4. The summed E-state index contributed by atoms with van der Waals surface area (Å²) in [5.41, 5.74) is 3.62. The molecule has 4 N–H and O–H groups in total. The number of nitrogens with one attached hydrogen (secondary N) is 2. The highest BCUT2D eigenvalue weighted by Gasteiger charge is 2.25. The summed E-state index contributed by atoms with van der Waals surface area (Å²) in [6, 6.07) is 7.19. The molecule has 4 aromatic heterocycles. The maximum absolute atomic E-state index is 14.3. The van der Waals surface area contributed by atoms with E-state index in [0.29, 0.717) is 36.7 Å². The van der Waals surface area contributed by atoms with Crippen LogP contribution in [0.5, 0.6) is 0 Å². The second-order valence-corrected chi connectivity index (χ2v) is 9.65. The van der Waals surface area contributed by atoms with E-state index in [9.17, 15) is 14.6 Å². The number of hydrogen-bond acceptors (Lipinski definition) is 7. The number of fused-ring (bicyclic) bond motifs is 1. The van der Waals surface area contributed by atoms with Crippen LogP contribution in [0.4, 0.5) is 10.2 Å². The van der Waals surface area contributed by atoms with Crippen LogP contribution in [-0.4, -0.2) is 65.3 Å². The Morgan fingerprint density at radius 2 is 2.11 bits per heavy atom. The molecule has 1 aliphatic heterocycles. The number of pyridine rings is 2. The largest absolute Gasteiger partial charge is 0.392 e. The van der Waals surface area contributed by atoms with Crippen molar-refractivity contribution in [3.63, 3.8) is 0 Å². The summed E-state index contributed by atoms with van der Waals surface area (Å²) in [6.07, 6.45) is 6.95. The van der Waals surface area contributed by atoms with E-state index in [1.54, 1.807) is 30.9 Å². The van der Waals surface area contributed by atoms with Crippen molar-refractivity contribution in [1.82, 2.24) is 29.5 Å². The lowest BCUT2D eigenvalue weighted by molar-refractivity contribution is 0.0577. The predicted octanol–water partition coefficient (Wildman–Crippen LogP) is 2.63. The molecule has 5 rings (SSSR count). The fourth-order valence-electron chi connectivity index (χ4n) is 4.46. The number of aliphatic hydroxyl groups is 2. The average molecular weight is 480 g/mol. The molecule has 0 radical (unpaired) electrons. The van der Waals surface area contributed by atoms with E-state index in [4.69, 9.17) is 4.98 Å². The first-order valence-electron chi connectivity index (χ1n) is 11.8. The van der Waals surface area contributed by atoms with Gasteiger partial charge in [0.25, 0.3) is 0 Å². The molecule has 0 bridgehead atoms. The van der Waals surface area contributed by atoms with Gasteiger partial charge in [0.15, 0.2) is 0 Å². The lowest BCUT2D eigenvalue weighted by Gasteiger charge is -2.27. The van der Waals surface area contributed by atoms with E-state index in [-0.39, 0.29) is 12.6 Å². The molecule has 0 unspecified atom stereocenters. The van der Waals surface area contributed by atoms with Crippen LogP contribution in [0.1, 0.15) is 25.8 Å². The highest BCUT2D eigenvalue weighted by atomic mass is 19.1. The lowest BCUT2D eigenvalue weighted by Crippen LogP contribution is -2.45. The van der Waals surface area contributed by atoms with Crippen LogP contribution < -0.4 is 10.6 Å². The molecular weight excluding hydrogens is 449 g/mol. The third-order valence-electron chi connectivity index (χ3n) is 6.15. The monoisotopic (exact) mass is 479 g/mol. The zero-order valence-corrected chi connectivity index (χ0v) is 19.8. The molecule has 1 saturated heterocycles. The highest BCUT2D eigenvalue weighted by molar-refractivity contribution is 5.71. The number of aromatic nitrogens is 5. The van der Waals surface area contributed by atoms with Crippen molar-refractivity contribution in [3.8, 4) is 22.5 Å². The van der Waals surface area contributed by atoms with E-state index in [0.717, 1.165) is 28.9 Å². The fourth-order valence-corrected chi connectivity index (χ4v) is 4.46. The van der Waals surface area contributed by atoms with Gasteiger partial charge in [0.1, 0.15) is 17.6 Å². The number of alkyl halides is 1. The Kier molecular flexibility index (Phi) is 6.26. The van der Waals surface area contributed by atoms with Gasteiger partial charge in [-0.2, -0.15) is 5.10 Å². The maximum atomic E-state index is 14.3. The molecule has 35 heavy (non-hydrogen) atoms. The Morgan fingerprint density at radius 1 is 1.26 bits per heavy atom. The molecule has 0 aliphatic carbocycles. The number of halogens is 1. The van der Waals surface area contributed by atoms with Gasteiger partial charge in [-0.25, -0.2) is 14.4 Å². The molecule has 9 nitrogen and oxygen atoms in total. The van der Waals surface area contributed by atoms with Crippen LogP contribution in [0.3, 0.4) is 0 Å². The van der Waals surface area contributed by atoms with E-state index in [1.165, 1.54) is 0 Å². The predicted molar refractivity (Wildman–Crippen MR) is 132 cm³/mol. The SMILES string of the molecule is CC(C)(O)Cn1cc(-c2cn3c(-c4cccc(N[C@H]5CCNC[C@@H]5F)n4)cnc3cc2CO)cn1. The van der Waals surface area contributed by atoms with E-state index in [1.807, 2.05) is 41.1 Å². The Bertz CT molecular complexity index is 1330. The van der Waals surface area contributed by atoms with E-state index in [2.05, 4.69) is 20.7 Å². The first kappa shape index (κ1) is 23.4. The molecule has 1 aliphatic rings. The van der Waals surface area contributed by atoms with Gasteiger partial charge in [0.05, 0.1) is 48.6 Å². The molecule has 1 fully saturated rings. The van der Waals surface area contributed by atoms with Gasteiger partial charge in [-0.3, -0.25) is 9.08 Å². The quantitative estimate of drug-likeness (QED) is 0.322. The Balaban J connectivity index is 1.49. The number of nitrogens with zero attached hydrogens (tertiary/aromatic N) is 5. The summed E-state index contributed by atoms with van der Waals surface area (Å²) in [5.74, 6) is 0.618. The zero-order valence-electron chi connectivity index (χ0n) is 19.8. The topological polar surface area (TPSA) is 113 Å². The molecule has 0 spiro atoms. The van der Waals surface area contributed by atoms with Crippen molar-refractivity contribution in [2.75, 3.05) is 18.4 Å². The highest BCUT2D eigenvalue weighted by Crippen LogP contribution is 2.29. The standard InChI is InChI=1S/C25H30FN7O2/c1-25(2,35)15-32-12-17(9-29-32)18-13-33-22(11-28-24(33)8-16(18)14-34)21-4-3-5-23(31-21)30-20-6-7-27-10-19(20)26/h3-5,8-9,11-13,19-20,27,34-35H,6-7,10,14-15H2,1-2H3,(H,30,31)/t19-,20-/m0/s1. The normalized spacial score (nSPS) is 18.8. The third kappa shape index (κ3) is 5.04. The molecule has 2 atom stereocenters. The van der Waals surface area contributed by atoms with Gasteiger partial charge in [-0.15, -0.1) is 0 Å². The van der Waals surface area contributed by atoms with Crippen molar-refractivity contribution in [3.05, 3.63) is 54.6 Å². The number of piperidine rings is 1.